The van der Waals surface area contributed by atoms with Crippen molar-refractivity contribution >= 4 is 27.7 Å². The number of sulfonamides is 1. The Morgan fingerprint density at radius 3 is 2.20 bits per heavy atom. The van der Waals surface area contributed by atoms with Gasteiger partial charge in [-0.2, -0.15) is 0 Å². The first-order valence-corrected chi connectivity index (χ1v) is 10.9. The van der Waals surface area contributed by atoms with Gasteiger partial charge in [0.1, 0.15) is 6.04 Å². The van der Waals surface area contributed by atoms with E-state index in [-0.39, 0.29) is 29.1 Å². The minimum absolute atomic E-state index is 0.0104. The molecule has 1 heterocycles. The lowest BCUT2D eigenvalue weighted by Gasteiger charge is -2.21. The van der Waals surface area contributed by atoms with Gasteiger partial charge in [-0.05, 0) is 50.1 Å². The number of hydrogen-bond acceptors (Lipinski definition) is 5. The van der Waals surface area contributed by atoms with Gasteiger partial charge < -0.3 is 5.32 Å². The van der Waals surface area contributed by atoms with Gasteiger partial charge in [-0.3, -0.25) is 19.3 Å². The van der Waals surface area contributed by atoms with E-state index in [0.717, 1.165) is 10.5 Å². The summed E-state index contributed by atoms with van der Waals surface area (Å²) in [5, 5.41) is 2.57. The monoisotopic (exact) mass is 429 g/mol. The number of hydrogen-bond donors (Lipinski definition) is 2. The molecule has 3 amide bonds. The fourth-order valence-electron chi connectivity index (χ4n) is 3.27. The van der Waals surface area contributed by atoms with Crippen molar-refractivity contribution in [1.29, 1.82) is 0 Å². The van der Waals surface area contributed by atoms with Gasteiger partial charge in [-0.1, -0.05) is 24.3 Å². The van der Waals surface area contributed by atoms with Crippen LogP contribution in [0.25, 0.3) is 0 Å². The second-order valence-corrected chi connectivity index (χ2v) is 8.89. The first-order chi connectivity index (χ1) is 14.1. The molecule has 0 saturated carbocycles. The Kier molecular flexibility index (Phi) is 6.04. The third kappa shape index (κ3) is 4.12. The second-order valence-electron chi connectivity index (χ2n) is 7.16. The van der Waals surface area contributed by atoms with Crippen molar-refractivity contribution in [3.63, 3.8) is 0 Å². The Bertz CT molecular complexity index is 1090. The van der Waals surface area contributed by atoms with Gasteiger partial charge >= 0.3 is 0 Å². The minimum Gasteiger partial charge on any atom is -0.353 e. The van der Waals surface area contributed by atoms with E-state index in [9.17, 15) is 22.8 Å². The predicted molar refractivity (Wildman–Crippen MR) is 111 cm³/mol. The zero-order valence-electron chi connectivity index (χ0n) is 16.9. The van der Waals surface area contributed by atoms with Crippen LogP contribution < -0.4 is 10.0 Å². The van der Waals surface area contributed by atoms with Gasteiger partial charge in [0.2, 0.25) is 15.9 Å². The molecule has 2 N–H and O–H groups in total. The van der Waals surface area contributed by atoms with Crippen LogP contribution in [0.5, 0.6) is 0 Å². The van der Waals surface area contributed by atoms with E-state index >= 15 is 0 Å². The quantitative estimate of drug-likeness (QED) is 0.510. The van der Waals surface area contributed by atoms with Gasteiger partial charge in [0.15, 0.2) is 0 Å². The molecule has 0 aromatic heterocycles. The largest absolute Gasteiger partial charge is 0.353 e. The lowest BCUT2D eigenvalue weighted by molar-refractivity contribution is -0.124. The van der Waals surface area contributed by atoms with Crippen LogP contribution in [0.2, 0.25) is 0 Å². The highest BCUT2D eigenvalue weighted by molar-refractivity contribution is 7.89. The van der Waals surface area contributed by atoms with Crippen LogP contribution in [0.15, 0.2) is 47.4 Å². The summed E-state index contributed by atoms with van der Waals surface area (Å²) in [4.78, 5) is 38.5. The Labute approximate surface area is 175 Å². The molecule has 9 heteroatoms. The molecule has 158 valence electrons. The molecule has 1 atom stereocenters. The highest BCUT2D eigenvalue weighted by Gasteiger charge is 2.40. The van der Waals surface area contributed by atoms with Crippen LogP contribution >= 0.6 is 0 Å². The van der Waals surface area contributed by atoms with E-state index in [2.05, 4.69) is 10.0 Å². The molecule has 0 saturated heterocycles. The number of aryl methyl sites for hydroxylation is 2. The zero-order chi connectivity index (χ0) is 22.1. The fourth-order valence-corrected chi connectivity index (χ4v) is 4.63. The van der Waals surface area contributed by atoms with E-state index in [1.165, 1.54) is 6.92 Å². The Hall–Kier alpha value is -3.04. The Morgan fingerprint density at radius 1 is 1.00 bits per heavy atom. The van der Waals surface area contributed by atoms with Gasteiger partial charge in [-0.25, -0.2) is 13.1 Å². The molecule has 30 heavy (non-hydrogen) atoms. The fraction of sp³-hybridized carbons (Fsp3) is 0.286. The van der Waals surface area contributed by atoms with Gasteiger partial charge in [0.25, 0.3) is 11.8 Å². The molecule has 1 aliphatic rings. The first-order valence-electron chi connectivity index (χ1n) is 9.45. The number of amides is 3. The van der Waals surface area contributed by atoms with Crippen molar-refractivity contribution in [2.24, 2.45) is 0 Å². The topological polar surface area (TPSA) is 113 Å². The number of rotatable bonds is 7. The summed E-state index contributed by atoms with van der Waals surface area (Å²) >= 11 is 0. The Morgan fingerprint density at radius 2 is 1.60 bits per heavy atom. The van der Waals surface area contributed by atoms with Crippen LogP contribution in [-0.4, -0.2) is 50.2 Å². The molecule has 3 rings (SSSR count). The number of imide groups is 1. The first kappa shape index (κ1) is 21.7. The third-order valence-corrected chi connectivity index (χ3v) is 6.54. The smallest absolute Gasteiger partial charge is 0.262 e. The molecule has 2 aromatic carbocycles. The SMILES string of the molecule is Cc1ccc(C)c(S(=O)(=O)NCCNC(=O)C(C)N2C(=O)c3ccccc3C2=O)c1. The number of nitrogens with zero attached hydrogens (tertiary/aromatic N) is 1. The molecule has 1 aliphatic heterocycles. The number of carbonyl (C=O) groups excluding carboxylic acids is 3. The number of carbonyl (C=O) groups is 3. The Balaban J connectivity index is 1.57. The molecule has 0 fully saturated rings. The summed E-state index contributed by atoms with van der Waals surface area (Å²) in [6.07, 6.45) is 0. The van der Waals surface area contributed by atoms with E-state index < -0.39 is 33.8 Å². The third-order valence-electron chi connectivity index (χ3n) is 4.94. The number of fused-ring (bicyclic) bond motifs is 1. The zero-order valence-corrected chi connectivity index (χ0v) is 17.7. The van der Waals surface area contributed by atoms with Crippen molar-refractivity contribution in [2.45, 2.75) is 31.7 Å². The molecule has 8 nitrogen and oxygen atoms in total. The van der Waals surface area contributed by atoms with Crippen molar-refractivity contribution in [1.82, 2.24) is 14.9 Å². The van der Waals surface area contributed by atoms with E-state index in [1.54, 1.807) is 50.2 Å². The average molecular weight is 429 g/mol. The summed E-state index contributed by atoms with van der Waals surface area (Å²) in [7, 11) is -3.72. The van der Waals surface area contributed by atoms with Crippen molar-refractivity contribution in [2.75, 3.05) is 13.1 Å². The van der Waals surface area contributed by atoms with Crippen molar-refractivity contribution in [3.8, 4) is 0 Å². The number of benzene rings is 2. The maximum Gasteiger partial charge on any atom is 0.262 e. The maximum atomic E-state index is 12.5. The van der Waals surface area contributed by atoms with Crippen molar-refractivity contribution < 1.29 is 22.8 Å². The van der Waals surface area contributed by atoms with Crippen LogP contribution in [-0.2, 0) is 14.8 Å². The normalized spacial score (nSPS) is 14.6. The molecule has 0 aliphatic carbocycles. The molecule has 0 spiro atoms. The highest BCUT2D eigenvalue weighted by atomic mass is 32.2. The summed E-state index contributed by atoms with van der Waals surface area (Å²) in [6, 6.07) is 10.5. The lowest BCUT2D eigenvalue weighted by Crippen LogP contribution is -2.49. The molecular weight excluding hydrogens is 406 g/mol. The molecular formula is C21H23N3O5S. The lowest BCUT2D eigenvalue weighted by atomic mass is 10.1. The minimum atomic E-state index is -3.72. The van der Waals surface area contributed by atoms with Crippen LogP contribution in [0, 0.1) is 13.8 Å². The standard InChI is InChI=1S/C21H23N3O5S/c1-13-8-9-14(2)18(12-13)30(28,29)23-11-10-22-19(25)15(3)24-20(26)16-6-4-5-7-17(16)21(24)27/h4-9,12,15,23H,10-11H2,1-3H3,(H,22,25). The summed E-state index contributed by atoms with van der Waals surface area (Å²) in [6.45, 7) is 4.95. The molecule has 0 radical (unpaired) electrons. The van der Waals surface area contributed by atoms with E-state index in [4.69, 9.17) is 0 Å². The van der Waals surface area contributed by atoms with Crippen LogP contribution in [0.1, 0.15) is 38.8 Å². The highest BCUT2D eigenvalue weighted by Crippen LogP contribution is 2.24. The predicted octanol–water partition coefficient (Wildman–Crippen LogP) is 1.38. The maximum absolute atomic E-state index is 12.5. The van der Waals surface area contributed by atoms with Gasteiger partial charge in [-0.15, -0.1) is 0 Å². The summed E-state index contributed by atoms with van der Waals surface area (Å²) in [5.41, 5.74) is 1.98. The van der Waals surface area contributed by atoms with Crippen LogP contribution in [0.3, 0.4) is 0 Å². The molecule has 0 bridgehead atoms. The van der Waals surface area contributed by atoms with E-state index in [0.29, 0.717) is 5.56 Å². The van der Waals surface area contributed by atoms with Gasteiger partial charge in [0.05, 0.1) is 16.0 Å². The van der Waals surface area contributed by atoms with E-state index in [1.807, 2.05) is 6.07 Å². The second kappa shape index (κ2) is 8.37. The van der Waals surface area contributed by atoms with Gasteiger partial charge in [0, 0.05) is 13.1 Å². The van der Waals surface area contributed by atoms with Crippen molar-refractivity contribution in [3.05, 3.63) is 64.7 Å². The summed E-state index contributed by atoms with van der Waals surface area (Å²) < 4.78 is 27.4. The van der Waals surface area contributed by atoms with Crippen LogP contribution in [0.4, 0.5) is 0 Å². The summed E-state index contributed by atoms with van der Waals surface area (Å²) in [5.74, 6) is -1.59. The number of nitrogens with one attached hydrogen (secondary N) is 2. The molecule has 2 aromatic rings. The molecule has 1 unspecified atom stereocenters. The average Bonchev–Trinajstić information content (AvgIpc) is 2.97.